The Bertz CT molecular complexity index is 1230. The Morgan fingerprint density at radius 3 is 2.81 bits per heavy atom. The van der Waals surface area contributed by atoms with E-state index in [0.29, 0.717) is 45.7 Å². The van der Waals surface area contributed by atoms with E-state index in [1.165, 1.54) is 17.8 Å². The van der Waals surface area contributed by atoms with Gasteiger partial charge in [-0.2, -0.15) is 0 Å². The van der Waals surface area contributed by atoms with Crippen LogP contribution in [0.15, 0.2) is 66.0 Å². The molecule has 0 spiro atoms. The van der Waals surface area contributed by atoms with Gasteiger partial charge in [0.1, 0.15) is 5.82 Å². The number of hydrogen-bond acceptors (Lipinski definition) is 5. The molecule has 2 heterocycles. The summed E-state index contributed by atoms with van der Waals surface area (Å²) >= 11 is 7.27. The Morgan fingerprint density at radius 2 is 2.06 bits per heavy atom. The van der Waals surface area contributed by atoms with Gasteiger partial charge >= 0.3 is 5.97 Å². The Kier molecular flexibility index (Phi) is 6.53. The van der Waals surface area contributed by atoms with Gasteiger partial charge in [0.25, 0.3) is 0 Å². The summed E-state index contributed by atoms with van der Waals surface area (Å²) in [6.07, 6.45) is 1.74. The van der Waals surface area contributed by atoms with Gasteiger partial charge in [-0.3, -0.25) is 4.98 Å². The van der Waals surface area contributed by atoms with Crippen LogP contribution in [-0.4, -0.2) is 27.1 Å². The highest BCUT2D eigenvalue weighted by atomic mass is 35.5. The van der Waals surface area contributed by atoms with E-state index < -0.39 is 0 Å². The number of nitrogens with zero attached hydrogens (tertiary/aromatic N) is 3. The molecule has 4 rings (SSSR count). The Balaban J connectivity index is 1.70. The summed E-state index contributed by atoms with van der Waals surface area (Å²) in [5.41, 5.74) is 3.38. The van der Waals surface area contributed by atoms with Gasteiger partial charge < -0.3 is 9.30 Å². The first kappa shape index (κ1) is 21.3. The molecule has 0 fully saturated rings. The Morgan fingerprint density at radius 1 is 1.19 bits per heavy atom. The van der Waals surface area contributed by atoms with Crippen molar-refractivity contribution in [3.05, 3.63) is 88.5 Å². The molecule has 0 N–H and O–H groups in total. The first-order valence-electron chi connectivity index (χ1n) is 9.69. The summed E-state index contributed by atoms with van der Waals surface area (Å²) in [5, 5.41) is 1.07. The third-order valence-corrected chi connectivity index (χ3v) is 5.90. The summed E-state index contributed by atoms with van der Waals surface area (Å²) < 4.78 is 21.3. The number of ether oxygens (including phenoxy) is 1. The monoisotopic (exact) mass is 455 g/mol. The standard InChI is InChI=1S/C23H19ClFN3O2S/c1-2-30-22(29)15-7-9-21-20(11-15)27-23(28(21)13-18-5-3-4-10-26-18)31-14-16-6-8-17(24)12-19(16)25/h3-12H,2,13-14H2,1H3. The zero-order valence-corrected chi connectivity index (χ0v) is 18.3. The van der Waals surface area contributed by atoms with Crippen LogP contribution in [0.1, 0.15) is 28.5 Å². The minimum Gasteiger partial charge on any atom is -0.462 e. The highest BCUT2D eigenvalue weighted by molar-refractivity contribution is 7.98. The molecule has 5 nitrogen and oxygen atoms in total. The van der Waals surface area contributed by atoms with Crippen LogP contribution in [0.4, 0.5) is 4.39 Å². The van der Waals surface area contributed by atoms with Crippen molar-refractivity contribution in [1.82, 2.24) is 14.5 Å². The molecule has 0 saturated heterocycles. The molecule has 0 saturated carbocycles. The van der Waals surface area contributed by atoms with Gasteiger partial charge in [0.2, 0.25) is 0 Å². The van der Waals surface area contributed by atoms with Crippen LogP contribution in [0.2, 0.25) is 5.02 Å². The maximum Gasteiger partial charge on any atom is 0.338 e. The minimum absolute atomic E-state index is 0.304. The SMILES string of the molecule is CCOC(=O)c1ccc2c(c1)nc(SCc1ccc(Cl)cc1F)n2Cc1ccccn1. The third kappa shape index (κ3) is 4.89. The van der Waals surface area contributed by atoms with Crippen LogP contribution in [0, 0.1) is 5.82 Å². The highest BCUT2D eigenvalue weighted by Crippen LogP contribution is 2.29. The molecule has 8 heteroatoms. The lowest BCUT2D eigenvalue weighted by Gasteiger charge is -2.09. The molecule has 0 aliphatic carbocycles. The number of aromatic nitrogens is 3. The van der Waals surface area contributed by atoms with Gasteiger partial charge in [0.15, 0.2) is 5.16 Å². The molecule has 2 aromatic heterocycles. The number of benzene rings is 2. The van der Waals surface area contributed by atoms with E-state index in [0.717, 1.165) is 11.2 Å². The third-order valence-electron chi connectivity index (χ3n) is 4.64. The van der Waals surface area contributed by atoms with Crippen molar-refractivity contribution in [2.45, 2.75) is 24.4 Å². The summed E-state index contributed by atoms with van der Waals surface area (Å²) in [7, 11) is 0. The fourth-order valence-electron chi connectivity index (χ4n) is 3.15. The second-order valence-electron chi connectivity index (χ2n) is 6.75. The molecule has 4 aromatic rings. The van der Waals surface area contributed by atoms with Crippen molar-refractivity contribution < 1.29 is 13.9 Å². The van der Waals surface area contributed by atoms with E-state index in [4.69, 9.17) is 21.3 Å². The molecular weight excluding hydrogens is 437 g/mol. The van der Waals surface area contributed by atoms with Crippen LogP contribution >= 0.6 is 23.4 Å². The molecular formula is C23H19ClFN3O2S. The first-order valence-corrected chi connectivity index (χ1v) is 11.1. The van der Waals surface area contributed by atoms with Crippen LogP contribution in [-0.2, 0) is 17.0 Å². The predicted octanol–water partition coefficient (Wildman–Crippen LogP) is 5.74. The summed E-state index contributed by atoms with van der Waals surface area (Å²) in [6, 6.07) is 15.7. The van der Waals surface area contributed by atoms with E-state index >= 15 is 0 Å². The zero-order chi connectivity index (χ0) is 21.8. The van der Waals surface area contributed by atoms with Crippen LogP contribution in [0.5, 0.6) is 0 Å². The number of imidazole rings is 1. The number of thioether (sulfide) groups is 1. The molecule has 0 aliphatic rings. The van der Waals surface area contributed by atoms with Crippen LogP contribution in [0.25, 0.3) is 11.0 Å². The quantitative estimate of drug-likeness (QED) is 0.262. The Labute approximate surface area is 188 Å². The molecule has 0 radical (unpaired) electrons. The van der Waals surface area contributed by atoms with Gasteiger partial charge in [-0.15, -0.1) is 0 Å². The maximum absolute atomic E-state index is 14.2. The average molecular weight is 456 g/mol. The first-order chi connectivity index (χ1) is 15.0. The molecule has 158 valence electrons. The zero-order valence-electron chi connectivity index (χ0n) is 16.7. The van der Waals surface area contributed by atoms with E-state index in [1.807, 2.05) is 28.8 Å². The largest absolute Gasteiger partial charge is 0.462 e. The summed E-state index contributed by atoms with van der Waals surface area (Å²) in [4.78, 5) is 21.2. The van der Waals surface area contributed by atoms with Crippen molar-refractivity contribution in [1.29, 1.82) is 0 Å². The van der Waals surface area contributed by atoms with Crippen LogP contribution < -0.4 is 0 Å². The van der Waals surface area contributed by atoms with Gasteiger partial charge in [-0.25, -0.2) is 14.2 Å². The fourth-order valence-corrected chi connectivity index (χ4v) is 4.31. The number of rotatable bonds is 7. The maximum atomic E-state index is 14.2. The number of pyridine rings is 1. The number of carbonyl (C=O) groups is 1. The van der Waals surface area contributed by atoms with Gasteiger partial charge in [-0.1, -0.05) is 35.5 Å². The molecule has 0 aliphatic heterocycles. The van der Waals surface area contributed by atoms with Gasteiger partial charge in [-0.05, 0) is 55.0 Å². The molecule has 0 unspecified atom stereocenters. The lowest BCUT2D eigenvalue weighted by molar-refractivity contribution is 0.0526. The van der Waals surface area contributed by atoms with E-state index in [-0.39, 0.29) is 11.8 Å². The lowest BCUT2D eigenvalue weighted by atomic mass is 10.2. The van der Waals surface area contributed by atoms with E-state index in [9.17, 15) is 9.18 Å². The number of hydrogen-bond donors (Lipinski definition) is 0. The lowest BCUT2D eigenvalue weighted by Crippen LogP contribution is -2.05. The van der Waals surface area contributed by atoms with E-state index in [1.54, 1.807) is 37.4 Å². The van der Waals surface area contributed by atoms with Crippen molar-refractivity contribution in [2.24, 2.45) is 0 Å². The van der Waals surface area contributed by atoms with Crippen molar-refractivity contribution >= 4 is 40.4 Å². The van der Waals surface area contributed by atoms with Crippen LogP contribution in [0.3, 0.4) is 0 Å². The predicted molar refractivity (Wildman–Crippen MR) is 120 cm³/mol. The molecule has 31 heavy (non-hydrogen) atoms. The van der Waals surface area contributed by atoms with Gasteiger partial charge in [0.05, 0.1) is 35.4 Å². The summed E-state index contributed by atoms with van der Waals surface area (Å²) in [6.45, 7) is 2.57. The number of fused-ring (bicyclic) bond motifs is 1. The highest BCUT2D eigenvalue weighted by Gasteiger charge is 2.16. The Hall–Kier alpha value is -2.90. The number of halogens is 2. The normalized spacial score (nSPS) is 11.1. The van der Waals surface area contributed by atoms with E-state index in [2.05, 4.69) is 4.98 Å². The number of esters is 1. The number of carbonyl (C=O) groups excluding carboxylic acids is 1. The smallest absolute Gasteiger partial charge is 0.338 e. The second-order valence-corrected chi connectivity index (χ2v) is 8.13. The van der Waals surface area contributed by atoms with Crippen molar-refractivity contribution in [3.8, 4) is 0 Å². The molecule has 0 bridgehead atoms. The average Bonchev–Trinajstić information content (AvgIpc) is 3.10. The molecule has 0 atom stereocenters. The van der Waals surface area contributed by atoms with Crippen molar-refractivity contribution in [3.63, 3.8) is 0 Å². The van der Waals surface area contributed by atoms with Crippen molar-refractivity contribution in [2.75, 3.05) is 6.61 Å². The molecule has 2 aromatic carbocycles. The minimum atomic E-state index is -0.388. The van der Waals surface area contributed by atoms with Gasteiger partial charge in [0, 0.05) is 17.0 Å². The summed E-state index contributed by atoms with van der Waals surface area (Å²) in [5.74, 6) is -0.350. The second kappa shape index (κ2) is 9.49. The molecule has 0 amide bonds. The fraction of sp³-hybridized carbons (Fsp3) is 0.174. The topological polar surface area (TPSA) is 57.0 Å².